The van der Waals surface area contributed by atoms with Gasteiger partial charge in [-0.05, 0) is 60.0 Å². The van der Waals surface area contributed by atoms with Gasteiger partial charge in [0.05, 0.1) is 33.5 Å². The Morgan fingerprint density at radius 2 is 1.56 bits per heavy atom. The van der Waals surface area contributed by atoms with Crippen LogP contribution in [0.4, 0.5) is 0 Å². The van der Waals surface area contributed by atoms with Crippen LogP contribution in [0.25, 0.3) is 28.1 Å². The number of sulfonamides is 1. The molecule has 0 bridgehead atoms. The van der Waals surface area contributed by atoms with Crippen LogP contribution in [0.3, 0.4) is 0 Å². The predicted molar refractivity (Wildman–Crippen MR) is 162 cm³/mol. The van der Waals surface area contributed by atoms with Crippen LogP contribution < -0.4 is 4.72 Å². The number of hydrogen-bond acceptors (Lipinski definition) is 3. The van der Waals surface area contributed by atoms with Crippen LogP contribution >= 0.6 is 39.1 Å². The van der Waals surface area contributed by atoms with Gasteiger partial charge in [0, 0.05) is 20.6 Å². The van der Waals surface area contributed by atoms with Crippen molar-refractivity contribution in [3.8, 4) is 28.1 Å². The van der Waals surface area contributed by atoms with E-state index in [1.807, 2.05) is 73.7 Å². The molecule has 5 nitrogen and oxygen atoms in total. The molecule has 1 N–H and O–H groups in total. The summed E-state index contributed by atoms with van der Waals surface area (Å²) in [5, 5.41) is 5.81. The maximum atomic E-state index is 13.4. The van der Waals surface area contributed by atoms with E-state index in [0.717, 1.165) is 32.4 Å². The first-order chi connectivity index (χ1) is 18.8. The van der Waals surface area contributed by atoms with Crippen LogP contribution in [-0.4, -0.2) is 18.2 Å². The Hall–Kier alpha value is -2.94. The summed E-state index contributed by atoms with van der Waals surface area (Å²) >= 11 is 16.2. The van der Waals surface area contributed by atoms with E-state index in [2.05, 4.69) is 20.7 Å². The van der Waals surface area contributed by atoms with Crippen molar-refractivity contribution in [3.63, 3.8) is 0 Å². The Balaban J connectivity index is 1.53. The third kappa shape index (κ3) is 5.98. The van der Waals surface area contributed by atoms with E-state index in [-0.39, 0.29) is 11.4 Å². The largest absolute Gasteiger partial charge is 0.240 e. The second-order valence-electron chi connectivity index (χ2n) is 8.86. The summed E-state index contributed by atoms with van der Waals surface area (Å²) < 4.78 is 32.2. The van der Waals surface area contributed by atoms with Gasteiger partial charge in [-0.3, -0.25) is 0 Å². The van der Waals surface area contributed by atoms with Crippen molar-refractivity contribution < 1.29 is 8.42 Å². The molecule has 1 aromatic heterocycles. The third-order valence-corrected chi connectivity index (χ3v) is 8.82. The minimum atomic E-state index is -3.82. The first kappa shape index (κ1) is 27.6. The van der Waals surface area contributed by atoms with E-state index in [1.54, 1.807) is 35.0 Å². The second-order valence-corrected chi connectivity index (χ2v) is 12.4. The predicted octanol–water partition coefficient (Wildman–Crippen LogP) is 8.32. The van der Waals surface area contributed by atoms with E-state index in [0.29, 0.717) is 27.8 Å². The van der Waals surface area contributed by atoms with E-state index >= 15 is 0 Å². The van der Waals surface area contributed by atoms with Crippen LogP contribution in [0.15, 0.2) is 106 Å². The quantitative estimate of drug-likeness (QED) is 0.185. The first-order valence-corrected chi connectivity index (χ1v) is 15.3. The fourth-order valence-corrected chi connectivity index (χ4v) is 6.25. The molecular weight excluding hydrogens is 617 g/mol. The minimum absolute atomic E-state index is 0.0167. The summed E-state index contributed by atoms with van der Waals surface area (Å²) in [4.78, 5) is 0.190. The van der Waals surface area contributed by atoms with Crippen LogP contribution in [0, 0.1) is 0 Å². The second kappa shape index (κ2) is 11.7. The third-order valence-electron chi connectivity index (χ3n) is 6.36. The Morgan fingerprint density at radius 3 is 2.26 bits per heavy atom. The zero-order chi connectivity index (χ0) is 27.6. The smallest absolute Gasteiger partial charge is 0.231 e. The Labute approximate surface area is 246 Å². The van der Waals surface area contributed by atoms with Crippen molar-refractivity contribution in [3.05, 3.63) is 123 Å². The van der Waals surface area contributed by atoms with Crippen molar-refractivity contribution in [2.24, 2.45) is 0 Å². The number of nitrogens with zero attached hydrogens (tertiary/aromatic N) is 2. The highest BCUT2D eigenvalue weighted by Gasteiger charge is 2.23. The van der Waals surface area contributed by atoms with E-state index in [9.17, 15) is 8.42 Å². The monoisotopic (exact) mass is 639 g/mol. The van der Waals surface area contributed by atoms with Crippen molar-refractivity contribution in [1.29, 1.82) is 0 Å². The lowest BCUT2D eigenvalue weighted by molar-refractivity contribution is 0.580. The molecule has 0 aliphatic heterocycles. The molecular formula is C30H24BrCl2N3O2S. The number of halogens is 3. The number of nitrogens with one attached hydrogen (secondary N) is 1. The number of hydrogen-bond donors (Lipinski definition) is 1. The summed E-state index contributed by atoms with van der Waals surface area (Å²) in [6, 6.07) is 29.7. The molecule has 0 saturated heterocycles. The lowest BCUT2D eigenvalue weighted by Crippen LogP contribution is -2.24. The maximum Gasteiger partial charge on any atom is 0.240 e. The van der Waals surface area contributed by atoms with Gasteiger partial charge in [-0.15, -0.1) is 0 Å². The molecule has 0 unspecified atom stereocenters. The van der Waals surface area contributed by atoms with Gasteiger partial charge in [-0.2, -0.15) is 5.10 Å². The first-order valence-electron chi connectivity index (χ1n) is 12.2. The van der Waals surface area contributed by atoms with E-state index in [1.165, 1.54) is 0 Å². The number of aromatic nitrogens is 2. The van der Waals surface area contributed by atoms with Crippen molar-refractivity contribution in [2.75, 3.05) is 0 Å². The Morgan fingerprint density at radius 1 is 0.846 bits per heavy atom. The van der Waals surface area contributed by atoms with Gasteiger partial charge < -0.3 is 0 Å². The van der Waals surface area contributed by atoms with Crippen LogP contribution in [-0.2, 0) is 23.0 Å². The molecule has 1 heterocycles. The van der Waals surface area contributed by atoms with Crippen molar-refractivity contribution in [2.45, 2.75) is 24.8 Å². The molecule has 0 saturated carbocycles. The molecule has 0 radical (unpaired) electrons. The molecule has 9 heteroatoms. The zero-order valence-corrected chi connectivity index (χ0v) is 24.8. The molecule has 5 rings (SSSR count). The zero-order valence-electron chi connectivity index (χ0n) is 20.9. The number of rotatable bonds is 8. The fourth-order valence-electron chi connectivity index (χ4n) is 4.46. The van der Waals surface area contributed by atoms with E-state index < -0.39 is 10.0 Å². The van der Waals surface area contributed by atoms with Gasteiger partial charge in [0.15, 0.2) is 0 Å². The SMILES string of the molecule is CCc1c(CNS(=O)(=O)c2cccc(-c3ccccc3)c2)nn(-c2ccc(Cl)cc2Cl)c1-c1ccc(Br)cc1. The lowest BCUT2D eigenvalue weighted by Gasteiger charge is -2.11. The Kier molecular flexibility index (Phi) is 8.26. The molecule has 39 heavy (non-hydrogen) atoms. The average molecular weight is 641 g/mol. The van der Waals surface area contributed by atoms with Crippen LogP contribution in [0.1, 0.15) is 18.2 Å². The minimum Gasteiger partial charge on any atom is -0.231 e. The average Bonchev–Trinajstić information content (AvgIpc) is 3.31. The maximum absolute atomic E-state index is 13.4. The van der Waals surface area contributed by atoms with Crippen LogP contribution in [0.2, 0.25) is 10.0 Å². The normalized spacial score (nSPS) is 11.6. The highest BCUT2D eigenvalue weighted by Crippen LogP contribution is 2.34. The lowest BCUT2D eigenvalue weighted by atomic mass is 10.0. The van der Waals surface area contributed by atoms with Crippen LogP contribution in [0.5, 0.6) is 0 Å². The van der Waals surface area contributed by atoms with Gasteiger partial charge in [0.2, 0.25) is 10.0 Å². The molecule has 0 aliphatic rings. The highest BCUT2D eigenvalue weighted by molar-refractivity contribution is 9.10. The molecule has 0 atom stereocenters. The summed E-state index contributed by atoms with van der Waals surface area (Å²) in [5.74, 6) is 0. The fraction of sp³-hybridized carbons (Fsp3) is 0.100. The summed E-state index contributed by atoms with van der Waals surface area (Å²) in [6.45, 7) is 2.04. The molecule has 4 aromatic carbocycles. The standard InChI is InChI=1S/C30H24BrCl2N3O2S/c1-2-26-28(19-34-39(37,38)25-10-6-9-22(17-25)20-7-4-3-5-8-20)35-36(29-16-15-24(32)18-27(29)33)30(26)21-11-13-23(31)14-12-21/h3-18,34H,2,19H2,1H3. The molecule has 0 spiro atoms. The molecule has 5 aromatic rings. The Bertz CT molecular complexity index is 1740. The van der Waals surface area contributed by atoms with Crippen molar-refractivity contribution >= 4 is 49.2 Å². The molecule has 198 valence electrons. The van der Waals surface area contributed by atoms with Gasteiger partial charge in [0.25, 0.3) is 0 Å². The molecule has 0 amide bonds. The summed E-state index contributed by atoms with van der Waals surface area (Å²) in [7, 11) is -3.82. The molecule has 0 fully saturated rings. The topological polar surface area (TPSA) is 64.0 Å². The van der Waals surface area contributed by atoms with E-state index in [4.69, 9.17) is 28.3 Å². The van der Waals surface area contributed by atoms with Gasteiger partial charge in [0.1, 0.15) is 0 Å². The van der Waals surface area contributed by atoms with Gasteiger partial charge in [-0.25, -0.2) is 17.8 Å². The van der Waals surface area contributed by atoms with Gasteiger partial charge >= 0.3 is 0 Å². The summed E-state index contributed by atoms with van der Waals surface area (Å²) in [5.41, 5.74) is 5.73. The van der Waals surface area contributed by atoms with Crippen molar-refractivity contribution in [1.82, 2.24) is 14.5 Å². The number of benzene rings is 4. The highest BCUT2D eigenvalue weighted by atomic mass is 79.9. The van der Waals surface area contributed by atoms with Gasteiger partial charge in [-0.1, -0.05) is 101 Å². The summed E-state index contributed by atoms with van der Waals surface area (Å²) in [6.07, 6.45) is 0.636. The molecule has 0 aliphatic carbocycles.